The topological polar surface area (TPSA) is 71.3 Å². The SMILES string of the molecule is Cc1noc([C@@H]2CCCN([C@H](C(=O)NC3CC3)c3ccccc3)C2)n1. The van der Waals surface area contributed by atoms with Gasteiger partial charge >= 0.3 is 0 Å². The fraction of sp³-hybridized carbons (Fsp3) is 0.526. The summed E-state index contributed by atoms with van der Waals surface area (Å²) >= 11 is 0. The fourth-order valence-electron chi connectivity index (χ4n) is 3.59. The van der Waals surface area contributed by atoms with Gasteiger partial charge < -0.3 is 9.84 Å². The summed E-state index contributed by atoms with van der Waals surface area (Å²) in [7, 11) is 0. The van der Waals surface area contributed by atoms with Crippen molar-refractivity contribution in [3.8, 4) is 0 Å². The Bertz CT molecular complexity index is 726. The van der Waals surface area contributed by atoms with Crippen molar-refractivity contribution in [1.29, 1.82) is 0 Å². The van der Waals surface area contributed by atoms with Crippen LogP contribution in [-0.2, 0) is 4.79 Å². The van der Waals surface area contributed by atoms with E-state index in [2.05, 4.69) is 20.4 Å². The lowest BCUT2D eigenvalue weighted by Crippen LogP contribution is -2.45. The number of likely N-dealkylation sites (tertiary alicyclic amines) is 1. The van der Waals surface area contributed by atoms with E-state index in [4.69, 9.17) is 4.52 Å². The molecular formula is C19H24N4O2. The Kier molecular flexibility index (Phi) is 4.53. The van der Waals surface area contributed by atoms with Gasteiger partial charge in [-0.2, -0.15) is 4.98 Å². The molecule has 2 fully saturated rings. The van der Waals surface area contributed by atoms with E-state index >= 15 is 0 Å². The monoisotopic (exact) mass is 340 g/mol. The van der Waals surface area contributed by atoms with Gasteiger partial charge in [-0.15, -0.1) is 0 Å². The molecule has 1 aromatic heterocycles. The van der Waals surface area contributed by atoms with Crippen molar-refractivity contribution >= 4 is 5.91 Å². The highest BCUT2D eigenvalue weighted by Crippen LogP contribution is 2.32. The lowest BCUT2D eigenvalue weighted by Gasteiger charge is -2.36. The van der Waals surface area contributed by atoms with Gasteiger partial charge in [0.05, 0.1) is 5.92 Å². The van der Waals surface area contributed by atoms with E-state index in [0.29, 0.717) is 17.8 Å². The summed E-state index contributed by atoms with van der Waals surface area (Å²) in [5.41, 5.74) is 1.04. The molecule has 1 aromatic carbocycles. The number of piperidine rings is 1. The predicted octanol–water partition coefficient (Wildman–Crippen LogP) is 2.58. The highest BCUT2D eigenvalue weighted by atomic mass is 16.5. The number of aryl methyl sites for hydroxylation is 1. The van der Waals surface area contributed by atoms with Gasteiger partial charge in [0, 0.05) is 12.6 Å². The van der Waals surface area contributed by atoms with Crippen LogP contribution in [0.1, 0.15) is 54.9 Å². The van der Waals surface area contributed by atoms with Gasteiger partial charge in [-0.25, -0.2) is 0 Å². The molecule has 1 saturated heterocycles. The summed E-state index contributed by atoms with van der Waals surface area (Å²) in [4.78, 5) is 19.6. The summed E-state index contributed by atoms with van der Waals surface area (Å²) in [5.74, 6) is 1.65. The van der Waals surface area contributed by atoms with E-state index in [-0.39, 0.29) is 17.9 Å². The first-order valence-corrected chi connectivity index (χ1v) is 9.10. The van der Waals surface area contributed by atoms with Crippen LogP contribution in [-0.4, -0.2) is 40.1 Å². The Hall–Kier alpha value is -2.21. The maximum Gasteiger partial charge on any atom is 0.242 e. The molecule has 0 radical (unpaired) electrons. The molecule has 0 bridgehead atoms. The highest BCUT2D eigenvalue weighted by molar-refractivity contribution is 5.83. The van der Waals surface area contributed by atoms with E-state index in [1.54, 1.807) is 0 Å². The molecule has 25 heavy (non-hydrogen) atoms. The second kappa shape index (κ2) is 6.96. The minimum Gasteiger partial charge on any atom is -0.352 e. The molecule has 2 aliphatic rings. The molecule has 6 heteroatoms. The second-order valence-corrected chi connectivity index (χ2v) is 7.11. The van der Waals surface area contributed by atoms with Gasteiger partial charge in [0.1, 0.15) is 6.04 Å². The minimum absolute atomic E-state index is 0.107. The molecule has 1 saturated carbocycles. The van der Waals surface area contributed by atoms with Crippen LogP contribution in [0.15, 0.2) is 34.9 Å². The van der Waals surface area contributed by atoms with Crippen molar-refractivity contribution in [3.05, 3.63) is 47.6 Å². The number of hydrogen-bond acceptors (Lipinski definition) is 5. The van der Waals surface area contributed by atoms with Gasteiger partial charge in [-0.1, -0.05) is 35.5 Å². The smallest absolute Gasteiger partial charge is 0.242 e. The number of carbonyl (C=O) groups is 1. The zero-order chi connectivity index (χ0) is 17.2. The molecule has 132 valence electrons. The Morgan fingerprint density at radius 2 is 2.08 bits per heavy atom. The number of aromatic nitrogens is 2. The zero-order valence-corrected chi connectivity index (χ0v) is 14.5. The Morgan fingerprint density at radius 1 is 1.28 bits per heavy atom. The molecule has 4 rings (SSSR count). The van der Waals surface area contributed by atoms with Crippen molar-refractivity contribution in [2.45, 2.75) is 50.6 Å². The van der Waals surface area contributed by atoms with E-state index in [1.807, 2.05) is 37.3 Å². The number of rotatable bonds is 5. The fourth-order valence-corrected chi connectivity index (χ4v) is 3.59. The van der Waals surface area contributed by atoms with E-state index in [9.17, 15) is 4.79 Å². The van der Waals surface area contributed by atoms with Crippen LogP contribution in [0.2, 0.25) is 0 Å². The zero-order valence-electron chi connectivity index (χ0n) is 14.5. The summed E-state index contributed by atoms with van der Waals surface area (Å²) in [6.07, 6.45) is 4.23. The van der Waals surface area contributed by atoms with Crippen molar-refractivity contribution in [1.82, 2.24) is 20.4 Å². The summed E-state index contributed by atoms with van der Waals surface area (Å²) in [6, 6.07) is 10.2. The van der Waals surface area contributed by atoms with Crippen molar-refractivity contribution in [2.75, 3.05) is 13.1 Å². The van der Waals surface area contributed by atoms with Crippen LogP contribution in [0.3, 0.4) is 0 Å². The molecule has 1 amide bonds. The molecule has 2 heterocycles. The minimum atomic E-state index is -0.256. The first-order chi connectivity index (χ1) is 12.2. The number of hydrogen-bond donors (Lipinski definition) is 1. The first kappa shape index (κ1) is 16.3. The van der Waals surface area contributed by atoms with Crippen molar-refractivity contribution < 1.29 is 9.32 Å². The molecule has 2 atom stereocenters. The van der Waals surface area contributed by atoms with Crippen LogP contribution in [0.4, 0.5) is 0 Å². The van der Waals surface area contributed by atoms with E-state index in [0.717, 1.165) is 44.3 Å². The number of benzene rings is 1. The summed E-state index contributed by atoms with van der Waals surface area (Å²) in [5, 5.41) is 7.10. The maximum absolute atomic E-state index is 12.9. The average Bonchev–Trinajstić information content (AvgIpc) is 3.33. The van der Waals surface area contributed by atoms with Crippen LogP contribution in [0, 0.1) is 6.92 Å². The van der Waals surface area contributed by atoms with E-state index in [1.165, 1.54) is 0 Å². The van der Waals surface area contributed by atoms with Gasteiger partial charge in [-0.05, 0) is 44.7 Å². The Balaban J connectivity index is 1.56. The molecule has 1 aliphatic heterocycles. The number of nitrogens with one attached hydrogen (secondary N) is 1. The van der Waals surface area contributed by atoms with Crippen LogP contribution in [0.25, 0.3) is 0 Å². The lowest BCUT2D eigenvalue weighted by atomic mass is 9.94. The number of carbonyl (C=O) groups excluding carboxylic acids is 1. The third-order valence-corrected chi connectivity index (χ3v) is 5.00. The predicted molar refractivity (Wildman–Crippen MR) is 92.9 cm³/mol. The standard InChI is InChI=1S/C19H24N4O2/c1-13-20-19(25-22-13)15-8-5-11-23(12-15)17(14-6-3-2-4-7-14)18(24)21-16-9-10-16/h2-4,6-7,15-17H,5,8-12H2,1H3,(H,21,24)/t15-,17+/m1/s1. The lowest BCUT2D eigenvalue weighted by molar-refractivity contribution is -0.127. The van der Waals surface area contributed by atoms with E-state index < -0.39 is 0 Å². The average molecular weight is 340 g/mol. The van der Waals surface area contributed by atoms with Gasteiger partial charge in [0.25, 0.3) is 0 Å². The first-order valence-electron chi connectivity index (χ1n) is 9.10. The third-order valence-electron chi connectivity index (χ3n) is 5.00. The molecule has 6 nitrogen and oxygen atoms in total. The van der Waals surface area contributed by atoms with Crippen molar-refractivity contribution in [3.63, 3.8) is 0 Å². The molecule has 2 aromatic rings. The number of amides is 1. The highest BCUT2D eigenvalue weighted by Gasteiger charge is 2.36. The maximum atomic E-state index is 12.9. The second-order valence-electron chi connectivity index (χ2n) is 7.11. The Labute approximate surface area is 147 Å². The molecular weight excluding hydrogens is 316 g/mol. The van der Waals surface area contributed by atoms with Crippen molar-refractivity contribution in [2.24, 2.45) is 0 Å². The molecule has 1 aliphatic carbocycles. The Morgan fingerprint density at radius 3 is 2.76 bits per heavy atom. The van der Waals surface area contributed by atoms with Gasteiger partial charge in [0.15, 0.2) is 5.82 Å². The number of nitrogens with zero attached hydrogens (tertiary/aromatic N) is 3. The van der Waals surface area contributed by atoms with Crippen LogP contribution in [0.5, 0.6) is 0 Å². The molecule has 0 spiro atoms. The molecule has 0 unspecified atom stereocenters. The molecule has 1 N–H and O–H groups in total. The summed E-state index contributed by atoms with van der Waals surface area (Å²) < 4.78 is 5.38. The van der Waals surface area contributed by atoms with Gasteiger partial charge in [-0.3, -0.25) is 9.69 Å². The quantitative estimate of drug-likeness (QED) is 0.906. The normalized spacial score (nSPS) is 22.5. The largest absolute Gasteiger partial charge is 0.352 e. The summed E-state index contributed by atoms with van der Waals surface area (Å²) in [6.45, 7) is 3.50. The van der Waals surface area contributed by atoms with Crippen LogP contribution < -0.4 is 5.32 Å². The third kappa shape index (κ3) is 3.74. The van der Waals surface area contributed by atoms with Crippen LogP contribution >= 0.6 is 0 Å². The van der Waals surface area contributed by atoms with Gasteiger partial charge in [0.2, 0.25) is 11.8 Å².